The minimum absolute atomic E-state index is 0.0301. The summed E-state index contributed by atoms with van der Waals surface area (Å²) >= 11 is 0. The zero-order valence-electron chi connectivity index (χ0n) is 42.9. The number of cyclic esters (lactones) is 1. The van der Waals surface area contributed by atoms with Gasteiger partial charge in [0.05, 0.1) is 30.2 Å². The molecule has 16 atom stereocenters. The molecule has 1 amide bonds. The smallest absolute Gasteiger partial charge is 0.329 e. The second-order valence-corrected chi connectivity index (χ2v) is 20.6. The zero-order valence-corrected chi connectivity index (χ0v) is 42.9. The van der Waals surface area contributed by atoms with Crippen molar-refractivity contribution in [2.45, 2.75) is 193 Å². The lowest BCUT2D eigenvalue weighted by atomic mass is 9.78. The number of hydrogen-bond acceptors (Lipinski definition) is 13. The van der Waals surface area contributed by atoms with Gasteiger partial charge in [-0.3, -0.25) is 14.4 Å². The molecule has 3 fully saturated rings. The normalized spacial score (nSPS) is 40.1. The van der Waals surface area contributed by atoms with Gasteiger partial charge >= 0.3 is 5.97 Å². The van der Waals surface area contributed by atoms with Crippen LogP contribution in [0, 0.1) is 35.5 Å². The van der Waals surface area contributed by atoms with Crippen LogP contribution < -0.4 is 0 Å². The Hall–Kier alpha value is -3.50. The summed E-state index contributed by atoms with van der Waals surface area (Å²) in [4.78, 5) is 58.0. The fraction of sp³-hybridized carbons (Fsp3) is 0.741. The van der Waals surface area contributed by atoms with Crippen LogP contribution in [-0.2, 0) is 47.6 Å². The molecule has 1 aliphatic carbocycles. The summed E-state index contributed by atoms with van der Waals surface area (Å²) in [6, 6.07) is -1.10. The van der Waals surface area contributed by atoms with Crippen molar-refractivity contribution in [1.29, 1.82) is 0 Å². The molecule has 68 heavy (non-hydrogen) atoms. The molecule has 0 radical (unpaired) electrons. The highest BCUT2D eigenvalue weighted by molar-refractivity contribution is 6.39. The lowest BCUT2D eigenvalue weighted by Crippen LogP contribution is -2.61. The fourth-order valence-corrected chi connectivity index (χ4v) is 10.5. The maximum Gasteiger partial charge on any atom is 0.329 e. The minimum Gasteiger partial charge on any atom is -0.493 e. The zero-order chi connectivity index (χ0) is 50.5. The van der Waals surface area contributed by atoms with Crippen LogP contribution >= 0.6 is 0 Å². The number of ether oxygens (including phenoxy) is 6. The van der Waals surface area contributed by atoms with Crippen molar-refractivity contribution in [1.82, 2.24) is 4.90 Å². The summed E-state index contributed by atoms with van der Waals surface area (Å²) in [7, 11) is 4.64. The molecule has 384 valence electrons. The summed E-state index contributed by atoms with van der Waals surface area (Å²) < 4.78 is 35.8. The monoisotopic (exact) mass is 956 g/mol. The lowest BCUT2D eigenvalue weighted by molar-refractivity contribution is -0.265. The number of piperidine rings is 1. The molecular formula is C54H85NO13. The Bertz CT molecular complexity index is 1820. The Balaban J connectivity index is 1.70. The van der Waals surface area contributed by atoms with E-state index in [1.807, 2.05) is 65.0 Å². The summed E-state index contributed by atoms with van der Waals surface area (Å²) in [5.41, 5.74) is 1.39. The van der Waals surface area contributed by atoms with E-state index in [1.54, 1.807) is 41.1 Å². The molecule has 3 N–H and O–H groups in total. The van der Waals surface area contributed by atoms with E-state index in [4.69, 9.17) is 28.4 Å². The molecule has 14 nitrogen and oxygen atoms in total. The average molecular weight is 956 g/mol. The van der Waals surface area contributed by atoms with Crippen molar-refractivity contribution >= 4 is 23.4 Å². The number of aliphatic hydroxyl groups is 3. The van der Waals surface area contributed by atoms with Gasteiger partial charge in [0, 0.05) is 58.5 Å². The number of Topliss-reactive ketones (excluding diaryl/α,β-unsaturated/α-hetero) is 2. The number of carbonyl (C=O) groups excluding carboxylic acids is 4. The third-order valence-corrected chi connectivity index (χ3v) is 14.9. The SMILES string of the molecule is C=C(C)O[C@@H]1CC[C@@H](C[C@@H](C)[C@@H]2C[C@@H](O)[C@H](C)/C=C(\C)[C@@H](O)[C@@H](OC)C(=O)[C@H](C)C[C@H](C)/C=C/C=C(C)/C=C/[C@@H](OC)C[C@@H]3CC[C@@H](C)[C@@](O)(O3)C(=O)C(=O)N3CCCC[C@H]3C(=O)O2)C[C@H]1OC. The van der Waals surface area contributed by atoms with E-state index in [1.165, 1.54) is 12.0 Å². The first-order valence-corrected chi connectivity index (χ1v) is 25.1. The molecular weight excluding hydrogens is 871 g/mol. The van der Waals surface area contributed by atoms with Crippen LogP contribution in [0.1, 0.15) is 132 Å². The van der Waals surface area contributed by atoms with Gasteiger partial charge in [0.1, 0.15) is 30.5 Å². The Labute approximate surface area is 406 Å². The molecule has 3 aliphatic heterocycles. The van der Waals surface area contributed by atoms with Crippen molar-refractivity contribution in [3.63, 3.8) is 0 Å². The number of methoxy groups -OCH3 is 3. The minimum atomic E-state index is -2.41. The number of rotatable bonds is 8. The Morgan fingerprint density at radius 3 is 2.28 bits per heavy atom. The Morgan fingerprint density at radius 1 is 0.897 bits per heavy atom. The van der Waals surface area contributed by atoms with Gasteiger partial charge in [-0.1, -0.05) is 83.2 Å². The number of nitrogens with zero attached hydrogens (tertiary/aromatic N) is 1. The van der Waals surface area contributed by atoms with Gasteiger partial charge in [0.25, 0.3) is 11.7 Å². The number of amides is 1. The molecule has 14 heteroatoms. The Kier molecular flexibility index (Phi) is 22.4. The van der Waals surface area contributed by atoms with Crippen molar-refractivity contribution in [2.24, 2.45) is 35.5 Å². The van der Waals surface area contributed by atoms with Gasteiger partial charge < -0.3 is 48.6 Å². The van der Waals surface area contributed by atoms with Gasteiger partial charge in [0.15, 0.2) is 5.78 Å². The molecule has 0 aromatic rings. The van der Waals surface area contributed by atoms with Gasteiger partial charge in [-0.05, 0) is 108 Å². The summed E-state index contributed by atoms with van der Waals surface area (Å²) in [5, 5.41) is 35.3. The van der Waals surface area contributed by atoms with Crippen LogP contribution in [-0.4, -0.2) is 132 Å². The van der Waals surface area contributed by atoms with Crippen molar-refractivity contribution in [2.75, 3.05) is 27.9 Å². The fourth-order valence-electron chi connectivity index (χ4n) is 10.5. The van der Waals surface area contributed by atoms with Gasteiger partial charge in [-0.15, -0.1) is 0 Å². The molecule has 0 aromatic heterocycles. The third-order valence-electron chi connectivity index (χ3n) is 14.9. The quantitative estimate of drug-likeness (QED) is 0.0939. The van der Waals surface area contributed by atoms with Crippen LogP contribution in [0.2, 0.25) is 0 Å². The predicted molar refractivity (Wildman–Crippen MR) is 260 cm³/mol. The molecule has 2 bridgehead atoms. The topological polar surface area (TPSA) is 188 Å². The summed E-state index contributed by atoms with van der Waals surface area (Å²) in [5.74, 6) is -6.54. The van der Waals surface area contributed by atoms with Crippen molar-refractivity contribution in [3.05, 3.63) is 59.9 Å². The van der Waals surface area contributed by atoms with E-state index in [2.05, 4.69) is 6.58 Å². The molecule has 0 spiro atoms. The highest BCUT2D eigenvalue weighted by atomic mass is 16.6. The standard InChI is InChI=1S/C54H85NO13/c1-32(2)66-45-24-21-40(29-47(45)64-11)28-36(6)46-31-44(56)35(5)27-38(8)49(58)50(65-12)48(57)37(7)26-34(4)17-15-16-33(3)19-22-41(63-10)30-42-23-20-39(9)54(62,68-42)51(59)52(60)55-25-14-13-18-43(55)53(61)67-46/h15-17,19,22,27,34-37,39-47,49-50,56,58,62H,1,13-14,18,20-21,23-26,28-31H2,2-12H3/b17-15+,22-19+,33-16+,38-27+/t34-,35-,36-,37-,39-,40+,41-,42+,43+,44-,45-,46+,47-,49-,50+,54-/m1/s1. The maximum absolute atomic E-state index is 14.5. The van der Waals surface area contributed by atoms with E-state index in [9.17, 15) is 34.5 Å². The van der Waals surface area contributed by atoms with E-state index in [0.717, 1.165) is 18.4 Å². The van der Waals surface area contributed by atoms with Gasteiger partial charge in [0.2, 0.25) is 5.79 Å². The molecule has 0 unspecified atom stereocenters. The van der Waals surface area contributed by atoms with Crippen molar-refractivity contribution in [3.8, 4) is 0 Å². The van der Waals surface area contributed by atoms with Crippen LogP contribution in [0.5, 0.6) is 0 Å². The molecule has 1 saturated carbocycles. The number of fused-ring (bicyclic) bond motifs is 3. The average Bonchev–Trinajstić information content (AvgIpc) is 3.30. The Morgan fingerprint density at radius 2 is 1.62 bits per heavy atom. The number of aliphatic hydroxyl groups excluding tert-OH is 2. The molecule has 0 aromatic carbocycles. The predicted octanol–water partition coefficient (Wildman–Crippen LogP) is 7.53. The summed E-state index contributed by atoms with van der Waals surface area (Å²) in [6.45, 7) is 18.8. The second kappa shape index (κ2) is 26.6. The van der Waals surface area contributed by atoms with Gasteiger partial charge in [-0.25, -0.2) is 4.79 Å². The highest BCUT2D eigenvalue weighted by Crippen LogP contribution is 2.38. The largest absolute Gasteiger partial charge is 0.493 e. The number of allylic oxidation sites excluding steroid dienone is 6. The van der Waals surface area contributed by atoms with Crippen LogP contribution in [0.15, 0.2) is 59.9 Å². The highest BCUT2D eigenvalue weighted by Gasteiger charge is 2.53. The number of carbonyl (C=O) groups is 4. The summed E-state index contributed by atoms with van der Waals surface area (Å²) in [6.07, 6.45) is 12.1. The van der Waals surface area contributed by atoms with Crippen LogP contribution in [0.4, 0.5) is 0 Å². The van der Waals surface area contributed by atoms with E-state index in [0.29, 0.717) is 62.7 Å². The van der Waals surface area contributed by atoms with E-state index >= 15 is 0 Å². The number of hydrogen-bond donors (Lipinski definition) is 3. The molecule has 4 rings (SSSR count). The van der Waals surface area contributed by atoms with Gasteiger partial charge in [-0.2, -0.15) is 0 Å². The third kappa shape index (κ3) is 15.5. The van der Waals surface area contributed by atoms with Crippen LogP contribution in [0.3, 0.4) is 0 Å². The number of ketones is 2. The van der Waals surface area contributed by atoms with Crippen LogP contribution in [0.25, 0.3) is 0 Å². The van der Waals surface area contributed by atoms with E-state index < -0.39 is 83.9 Å². The maximum atomic E-state index is 14.5. The first kappa shape index (κ1) is 57.1. The number of esters is 1. The second-order valence-electron chi connectivity index (χ2n) is 20.6. The van der Waals surface area contributed by atoms with E-state index in [-0.39, 0.29) is 55.1 Å². The first-order chi connectivity index (χ1) is 32.1. The lowest BCUT2D eigenvalue weighted by Gasteiger charge is -2.42. The molecule has 4 aliphatic rings. The van der Waals surface area contributed by atoms with Crippen molar-refractivity contribution < 1.29 is 62.9 Å². The molecule has 3 heterocycles. The first-order valence-electron chi connectivity index (χ1n) is 25.1. The molecule has 2 saturated heterocycles.